The molecule has 0 fully saturated rings. The summed E-state index contributed by atoms with van der Waals surface area (Å²) in [6, 6.07) is 3.49. The molecule has 0 unspecified atom stereocenters. The molecule has 94 valence electrons. The molecule has 0 N–H and O–H groups in total. The lowest BCUT2D eigenvalue weighted by molar-refractivity contribution is -0.116. The molecule has 0 aliphatic carbocycles. The number of carbonyl (C=O) groups excluding carboxylic acids is 1. The second-order valence-electron chi connectivity index (χ2n) is 3.65. The summed E-state index contributed by atoms with van der Waals surface area (Å²) in [4.78, 5) is 15.7. The van der Waals surface area contributed by atoms with E-state index in [2.05, 4.69) is 11.6 Å². The van der Waals surface area contributed by atoms with Crippen LogP contribution in [0.25, 0.3) is 10.2 Å². The molecule has 0 saturated carbocycles. The van der Waals surface area contributed by atoms with E-state index in [1.807, 2.05) is 10.6 Å². The van der Waals surface area contributed by atoms with Crippen LogP contribution in [0.15, 0.2) is 29.8 Å². The van der Waals surface area contributed by atoms with Gasteiger partial charge in [0.1, 0.15) is 0 Å². The number of aromatic nitrogens is 1. The monoisotopic (exact) mass is 300 g/mol. The Bertz CT molecular complexity index is 700. The molecule has 6 heteroatoms. The van der Waals surface area contributed by atoms with Gasteiger partial charge in [0.2, 0.25) is 5.91 Å². The number of carbonyl (C=O) groups is 1. The number of allylic oxidation sites excluding steroid dienone is 1. The highest BCUT2D eigenvalue weighted by Crippen LogP contribution is 2.29. The van der Waals surface area contributed by atoms with E-state index in [4.69, 9.17) is 23.2 Å². The number of hydrogen-bond donors (Lipinski definition) is 0. The van der Waals surface area contributed by atoms with Crippen molar-refractivity contribution in [1.29, 1.82) is 0 Å². The van der Waals surface area contributed by atoms with Gasteiger partial charge in [-0.15, -0.1) is 6.58 Å². The van der Waals surface area contributed by atoms with Crippen molar-refractivity contribution in [2.45, 2.75) is 13.5 Å². The van der Waals surface area contributed by atoms with E-state index in [1.54, 1.807) is 12.1 Å². The second kappa shape index (κ2) is 5.26. The fourth-order valence-electron chi connectivity index (χ4n) is 1.65. The van der Waals surface area contributed by atoms with Crippen LogP contribution in [0.1, 0.15) is 6.92 Å². The third-order valence-corrected chi connectivity index (χ3v) is 3.79. The molecule has 0 spiro atoms. The first kappa shape index (κ1) is 13.3. The molecule has 0 bridgehead atoms. The summed E-state index contributed by atoms with van der Waals surface area (Å²) in [7, 11) is 0. The van der Waals surface area contributed by atoms with Gasteiger partial charge in [0.05, 0.1) is 15.2 Å². The predicted octanol–water partition coefficient (Wildman–Crippen LogP) is 3.64. The van der Waals surface area contributed by atoms with Gasteiger partial charge in [-0.1, -0.05) is 40.6 Å². The molecule has 0 atom stereocenters. The first-order valence-electron chi connectivity index (χ1n) is 5.17. The van der Waals surface area contributed by atoms with Crippen molar-refractivity contribution < 1.29 is 4.79 Å². The van der Waals surface area contributed by atoms with Crippen molar-refractivity contribution in [3.05, 3.63) is 39.6 Å². The summed E-state index contributed by atoms with van der Waals surface area (Å²) in [5, 5.41) is 1.11. The van der Waals surface area contributed by atoms with Gasteiger partial charge in [-0.25, -0.2) is 0 Å². The van der Waals surface area contributed by atoms with Crippen LogP contribution in [0.4, 0.5) is 0 Å². The van der Waals surface area contributed by atoms with Crippen molar-refractivity contribution in [3.63, 3.8) is 0 Å². The highest BCUT2D eigenvalue weighted by atomic mass is 35.5. The number of nitrogens with zero attached hydrogens (tertiary/aromatic N) is 2. The topological polar surface area (TPSA) is 34.4 Å². The van der Waals surface area contributed by atoms with E-state index in [1.165, 1.54) is 18.3 Å². The number of benzene rings is 1. The quantitative estimate of drug-likeness (QED) is 0.780. The Labute approximate surface area is 118 Å². The van der Waals surface area contributed by atoms with Crippen LogP contribution in [0, 0.1) is 0 Å². The van der Waals surface area contributed by atoms with Crippen LogP contribution in [0.5, 0.6) is 0 Å². The van der Waals surface area contributed by atoms with Crippen molar-refractivity contribution in [3.8, 4) is 0 Å². The number of thiazole rings is 1. The van der Waals surface area contributed by atoms with Gasteiger partial charge in [-0.2, -0.15) is 4.99 Å². The molecular formula is C12H10Cl2N2OS. The van der Waals surface area contributed by atoms with E-state index < -0.39 is 0 Å². The van der Waals surface area contributed by atoms with Crippen LogP contribution in [-0.4, -0.2) is 10.5 Å². The number of rotatable bonds is 2. The third-order valence-electron chi connectivity index (χ3n) is 2.26. The van der Waals surface area contributed by atoms with Crippen LogP contribution in [0.2, 0.25) is 10.0 Å². The summed E-state index contributed by atoms with van der Waals surface area (Å²) < 4.78 is 2.75. The fraction of sp³-hybridized carbons (Fsp3) is 0.167. The summed E-state index contributed by atoms with van der Waals surface area (Å²) >= 11 is 13.5. The molecule has 2 aromatic rings. The molecule has 2 rings (SSSR count). The highest BCUT2D eigenvalue weighted by molar-refractivity contribution is 7.16. The summed E-state index contributed by atoms with van der Waals surface area (Å²) in [6.45, 7) is 5.65. The minimum absolute atomic E-state index is 0.249. The molecule has 1 aromatic heterocycles. The van der Waals surface area contributed by atoms with Gasteiger partial charge in [0.25, 0.3) is 0 Å². The SMILES string of the molecule is C=CCn1c(=NC(C)=O)sc2cc(Cl)cc(Cl)c21. The molecule has 1 amide bonds. The molecule has 0 radical (unpaired) electrons. The van der Waals surface area contributed by atoms with E-state index in [9.17, 15) is 4.79 Å². The molecule has 0 aliphatic heterocycles. The van der Waals surface area contributed by atoms with Crippen LogP contribution >= 0.6 is 34.5 Å². The zero-order valence-corrected chi connectivity index (χ0v) is 11.9. The van der Waals surface area contributed by atoms with Crippen LogP contribution in [-0.2, 0) is 11.3 Å². The maximum Gasteiger partial charge on any atom is 0.245 e. The summed E-state index contributed by atoms with van der Waals surface area (Å²) in [6.07, 6.45) is 1.73. The Hall–Kier alpha value is -1.10. The van der Waals surface area contributed by atoms with Crippen molar-refractivity contribution in [2.24, 2.45) is 4.99 Å². The van der Waals surface area contributed by atoms with Crippen molar-refractivity contribution >= 4 is 50.7 Å². The van der Waals surface area contributed by atoms with Gasteiger partial charge < -0.3 is 4.57 Å². The maximum atomic E-state index is 11.1. The van der Waals surface area contributed by atoms with E-state index >= 15 is 0 Å². The first-order chi connectivity index (χ1) is 8.52. The number of fused-ring (bicyclic) bond motifs is 1. The van der Waals surface area contributed by atoms with Crippen LogP contribution in [0.3, 0.4) is 0 Å². The smallest absolute Gasteiger partial charge is 0.245 e. The molecule has 1 aromatic carbocycles. The number of halogens is 2. The highest BCUT2D eigenvalue weighted by Gasteiger charge is 2.10. The average Bonchev–Trinajstić information content (AvgIpc) is 2.56. The number of hydrogen-bond acceptors (Lipinski definition) is 2. The van der Waals surface area contributed by atoms with Gasteiger partial charge in [-0.05, 0) is 12.1 Å². The molecule has 0 saturated heterocycles. The molecule has 3 nitrogen and oxygen atoms in total. The molecule has 1 heterocycles. The maximum absolute atomic E-state index is 11.1. The summed E-state index contributed by atoms with van der Waals surface area (Å²) in [5.41, 5.74) is 0.825. The normalized spacial score (nSPS) is 12.1. The average molecular weight is 301 g/mol. The minimum atomic E-state index is -0.249. The Kier molecular flexibility index (Phi) is 3.90. The molecular weight excluding hydrogens is 291 g/mol. The zero-order chi connectivity index (χ0) is 13.3. The zero-order valence-electron chi connectivity index (χ0n) is 9.61. The fourth-order valence-corrected chi connectivity index (χ4v) is 3.51. The van der Waals surface area contributed by atoms with Gasteiger partial charge in [-0.3, -0.25) is 4.79 Å². The Morgan fingerprint density at radius 3 is 2.89 bits per heavy atom. The lowest BCUT2D eigenvalue weighted by Crippen LogP contribution is -2.15. The van der Waals surface area contributed by atoms with Crippen LogP contribution < -0.4 is 4.80 Å². The second-order valence-corrected chi connectivity index (χ2v) is 5.50. The molecule has 0 aliphatic rings. The first-order valence-corrected chi connectivity index (χ1v) is 6.74. The largest absolute Gasteiger partial charge is 0.311 e. The van der Waals surface area contributed by atoms with Gasteiger partial charge in [0.15, 0.2) is 4.80 Å². The predicted molar refractivity (Wildman–Crippen MR) is 76.3 cm³/mol. The van der Waals surface area contributed by atoms with Gasteiger partial charge >= 0.3 is 0 Å². The number of amides is 1. The Morgan fingerprint density at radius 2 is 2.28 bits per heavy atom. The van der Waals surface area contributed by atoms with E-state index in [0.717, 1.165) is 10.2 Å². The van der Waals surface area contributed by atoms with E-state index in [0.29, 0.717) is 21.4 Å². The van der Waals surface area contributed by atoms with Gasteiger partial charge in [0, 0.05) is 18.5 Å². The lowest BCUT2D eigenvalue weighted by Gasteiger charge is -2.02. The Balaban J connectivity index is 2.88. The van der Waals surface area contributed by atoms with Crippen molar-refractivity contribution in [2.75, 3.05) is 0 Å². The van der Waals surface area contributed by atoms with E-state index in [-0.39, 0.29) is 5.91 Å². The van der Waals surface area contributed by atoms with Crippen molar-refractivity contribution in [1.82, 2.24) is 4.57 Å². The minimum Gasteiger partial charge on any atom is -0.311 e. The standard InChI is InChI=1S/C12H10Cl2N2OS/c1-3-4-16-11-9(14)5-8(13)6-10(11)18-12(16)15-7(2)17/h3,5-6H,1,4H2,2H3. The summed E-state index contributed by atoms with van der Waals surface area (Å²) in [5.74, 6) is -0.249. The third kappa shape index (κ3) is 2.51. The molecule has 18 heavy (non-hydrogen) atoms. The Morgan fingerprint density at radius 1 is 1.56 bits per heavy atom. The lowest BCUT2D eigenvalue weighted by atomic mass is 10.3.